The van der Waals surface area contributed by atoms with Crippen molar-refractivity contribution in [3.8, 4) is 0 Å². The van der Waals surface area contributed by atoms with Crippen LogP contribution in [0.5, 0.6) is 0 Å². The molecule has 2 heterocycles. The van der Waals surface area contributed by atoms with E-state index in [9.17, 15) is 0 Å². The number of likely N-dealkylation sites (N-methyl/N-ethyl adjacent to an activating group) is 1. The van der Waals surface area contributed by atoms with Crippen LogP contribution in [0.2, 0.25) is 0 Å². The normalized spacial score (nSPS) is 20.4. The van der Waals surface area contributed by atoms with Crippen molar-refractivity contribution in [2.24, 2.45) is 0 Å². The summed E-state index contributed by atoms with van der Waals surface area (Å²) < 4.78 is 5.41. The Labute approximate surface area is 103 Å². The van der Waals surface area contributed by atoms with E-state index in [0.29, 0.717) is 6.04 Å². The van der Waals surface area contributed by atoms with Crippen LogP contribution in [0, 0.1) is 13.8 Å². The van der Waals surface area contributed by atoms with Crippen LogP contribution in [0.15, 0.2) is 0 Å². The van der Waals surface area contributed by atoms with Crippen molar-refractivity contribution < 1.29 is 4.74 Å². The lowest BCUT2D eigenvalue weighted by atomic mass is 10.1. The smallest absolute Gasteiger partial charge is 0.0625 e. The molecular formula is C13H23N3O. The fraction of sp³-hybridized carbons (Fsp3) is 0.769. The zero-order valence-electron chi connectivity index (χ0n) is 11.1. The third kappa shape index (κ3) is 3.07. The zero-order chi connectivity index (χ0) is 12.3. The average Bonchev–Trinajstić information content (AvgIpc) is 2.93. The van der Waals surface area contributed by atoms with Gasteiger partial charge in [0.05, 0.1) is 12.3 Å². The Morgan fingerprint density at radius 2 is 2.29 bits per heavy atom. The number of ether oxygens (including phenoxy) is 1. The largest absolute Gasteiger partial charge is 0.380 e. The summed E-state index contributed by atoms with van der Waals surface area (Å²) in [7, 11) is 2.20. The first-order valence-corrected chi connectivity index (χ1v) is 6.47. The standard InChI is InChI=1S/C13H23N3O/c1-10-13(11(2)15-14-10)5-4-7-16(3)12-6-8-17-9-12/h12H,4-9H2,1-3H3,(H,14,15)/t12-/m1/s1. The number of aryl methyl sites for hydroxylation is 2. The molecule has 1 N–H and O–H groups in total. The van der Waals surface area contributed by atoms with E-state index in [1.165, 1.54) is 24.1 Å². The number of hydrogen-bond acceptors (Lipinski definition) is 3. The SMILES string of the molecule is Cc1n[nH]c(C)c1CCCN(C)[C@@H]1CCOC1. The van der Waals surface area contributed by atoms with Crippen molar-refractivity contribution >= 4 is 0 Å². The van der Waals surface area contributed by atoms with Crippen molar-refractivity contribution in [2.45, 2.75) is 39.2 Å². The quantitative estimate of drug-likeness (QED) is 0.847. The summed E-state index contributed by atoms with van der Waals surface area (Å²) in [6.07, 6.45) is 3.49. The summed E-state index contributed by atoms with van der Waals surface area (Å²) in [4.78, 5) is 2.43. The molecule has 4 nitrogen and oxygen atoms in total. The molecule has 0 radical (unpaired) electrons. The van der Waals surface area contributed by atoms with Crippen molar-refractivity contribution in [1.29, 1.82) is 0 Å². The molecule has 96 valence electrons. The molecule has 0 amide bonds. The fourth-order valence-electron chi connectivity index (χ4n) is 2.50. The molecule has 17 heavy (non-hydrogen) atoms. The van der Waals surface area contributed by atoms with E-state index in [-0.39, 0.29) is 0 Å². The molecule has 0 bridgehead atoms. The zero-order valence-corrected chi connectivity index (χ0v) is 11.1. The number of hydrogen-bond donors (Lipinski definition) is 1. The van der Waals surface area contributed by atoms with Gasteiger partial charge >= 0.3 is 0 Å². The number of rotatable bonds is 5. The summed E-state index contributed by atoms with van der Waals surface area (Å²) in [6, 6.07) is 0.626. The molecule has 0 aliphatic carbocycles. The molecule has 2 rings (SSSR count). The molecule has 1 aliphatic heterocycles. The highest BCUT2D eigenvalue weighted by molar-refractivity contribution is 5.23. The van der Waals surface area contributed by atoms with Crippen LogP contribution in [0.4, 0.5) is 0 Å². The first kappa shape index (κ1) is 12.6. The molecule has 4 heteroatoms. The molecule has 1 aliphatic rings. The number of nitrogens with one attached hydrogen (secondary N) is 1. The first-order chi connectivity index (χ1) is 8.18. The molecule has 1 aromatic heterocycles. The van der Waals surface area contributed by atoms with Gasteiger partial charge in [0, 0.05) is 18.3 Å². The second kappa shape index (κ2) is 5.65. The van der Waals surface area contributed by atoms with E-state index in [4.69, 9.17) is 4.74 Å². The number of H-pyrrole nitrogens is 1. The molecule has 1 fully saturated rings. The van der Waals surface area contributed by atoms with Crippen LogP contribution in [0.1, 0.15) is 29.8 Å². The van der Waals surface area contributed by atoms with Gasteiger partial charge < -0.3 is 9.64 Å². The van der Waals surface area contributed by atoms with E-state index in [2.05, 4.69) is 36.0 Å². The lowest BCUT2D eigenvalue weighted by molar-refractivity contribution is 0.158. The summed E-state index contributed by atoms with van der Waals surface area (Å²) >= 11 is 0. The van der Waals surface area contributed by atoms with Gasteiger partial charge in [0.25, 0.3) is 0 Å². The van der Waals surface area contributed by atoms with E-state index in [1.54, 1.807) is 0 Å². The number of nitrogens with zero attached hydrogens (tertiary/aromatic N) is 2. The van der Waals surface area contributed by atoms with Crippen LogP contribution in [0.3, 0.4) is 0 Å². The summed E-state index contributed by atoms with van der Waals surface area (Å²) in [5.74, 6) is 0. The lowest BCUT2D eigenvalue weighted by Crippen LogP contribution is -2.32. The predicted molar refractivity (Wildman–Crippen MR) is 68.2 cm³/mol. The highest BCUT2D eigenvalue weighted by Crippen LogP contribution is 2.14. The number of aromatic nitrogens is 2. The van der Waals surface area contributed by atoms with E-state index < -0.39 is 0 Å². The highest BCUT2D eigenvalue weighted by atomic mass is 16.5. The Morgan fingerprint density at radius 1 is 1.47 bits per heavy atom. The van der Waals surface area contributed by atoms with Gasteiger partial charge in [0.15, 0.2) is 0 Å². The second-order valence-corrected chi connectivity index (χ2v) is 5.01. The summed E-state index contributed by atoms with van der Waals surface area (Å²) in [5.41, 5.74) is 3.75. The van der Waals surface area contributed by atoms with Crippen LogP contribution in [-0.2, 0) is 11.2 Å². The van der Waals surface area contributed by atoms with Gasteiger partial charge in [-0.2, -0.15) is 5.10 Å². The van der Waals surface area contributed by atoms with Gasteiger partial charge in [-0.25, -0.2) is 0 Å². The topological polar surface area (TPSA) is 41.2 Å². The molecule has 0 aromatic carbocycles. The minimum Gasteiger partial charge on any atom is -0.380 e. The first-order valence-electron chi connectivity index (χ1n) is 6.47. The molecule has 1 aromatic rings. The maximum Gasteiger partial charge on any atom is 0.0625 e. The minimum atomic E-state index is 0.626. The van der Waals surface area contributed by atoms with Gasteiger partial charge in [-0.05, 0) is 52.3 Å². The van der Waals surface area contributed by atoms with Crippen molar-refractivity contribution in [3.05, 3.63) is 17.0 Å². The van der Waals surface area contributed by atoms with Gasteiger partial charge in [-0.1, -0.05) is 0 Å². The van der Waals surface area contributed by atoms with Crippen molar-refractivity contribution in [1.82, 2.24) is 15.1 Å². The maximum absolute atomic E-state index is 5.41. The Balaban J connectivity index is 1.75. The Hall–Kier alpha value is -0.870. The van der Waals surface area contributed by atoms with Gasteiger partial charge in [0.1, 0.15) is 0 Å². The van der Waals surface area contributed by atoms with Crippen LogP contribution < -0.4 is 0 Å². The third-order valence-corrected chi connectivity index (χ3v) is 3.75. The fourth-order valence-corrected chi connectivity index (χ4v) is 2.50. The second-order valence-electron chi connectivity index (χ2n) is 5.01. The van der Waals surface area contributed by atoms with E-state index in [0.717, 1.165) is 31.9 Å². The Bertz CT molecular complexity index is 336. The van der Waals surface area contributed by atoms with Gasteiger partial charge in [-0.15, -0.1) is 0 Å². The van der Waals surface area contributed by atoms with Crippen LogP contribution >= 0.6 is 0 Å². The van der Waals surface area contributed by atoms with Gasteiger partial charge in [-0.3, -0.25) is 5.10 Å². The average molecular weight is 237 g/mol. The highest BCUT2D eigenvalue weighted by Gasteiger charge is 2.19. The molecule has 0 saturated carbocycles. The predicted octanol–water partition coefficient (Wildman–Crippen LogP) is 1.68. The van der Waals surface area contributed by atoms with E-state index >= 15 is 0 Å². The molecule has 1 atom stereocenters. The van der Waals surface area contributed by atoms with E-state index in [1.807, 2.05) is 0 Å². The van der Waals surface area contributed by atoms with Crippen LogP contribution in [-0.4, -0.2) is 47.9 Å². The molecule has 1 saturated heterocycles. The Morgan fingerprint density at radius 3 is 2.88 bits per heavy atom. The molecule has 0 spiro atoms. The van der Waals surface area contributed by atoms with Crippen LogP contribution in [0.25, 0.3) is 0 Å². The summed E-state index contributed by atoms with van der Waals surface area (Å²) in [5, 5.41) is 7.28. The minimum absolute atomic E-state index is 0.626. The van der Waals surface area contributed by atoms with Crippen molar-refractivity contribution in [3.63, 3.8) is 0 Å². The molecule has 0 unspecified atom stereocenters. The molecular weight excluding hydrogens is 214 g/mol. The maximum atomic E-state index is 5.41. The monoisotopic (exact) mass is 237 g/mol. The summed E-state index contributed by atoms with van der Waals surface area (Å²) in [6.45, 7) is 7.14. The Kier molecular flexibility index (Phi) is 4.18. The number of aromatic amines is 1. The third-order valence-electron chi connectivity index (χ3n) is 3.75. The lowest BCUT2D eigenvalue weighted by Gasteiger charge is -2.22. The van der Waals surface area contributed by atoms with Crippen molar-refractivity contribution in [2.75, 3.05) is 26.8 Å². The van der Waals surface area contributed by atoms with Gasteiger partial charge in [0.2, 0.25) is 0 Å².